The second kappa shape index (κ2) is 27.3. The number of allylic oxidation sites excluding steroid dienone is 12. The van der Waals surface area contributed by atoms with Crippen LogP contribution in [0, 0.1) is 0 Å². The maximum atomic E-state index is 12.3. The van der Waals surface area contributed by atoms with Crippen molar-refractivity contribution in [2.24, 2.45) is 0 Å². The summed E-state index contributed by atoms with van der Waals surface area (Å²) in [5, 5.41) is 14.4. The maximum absolute atomic E-state index is 12.3. The molecule has 0 radical (unpaired) electrons. The van der Waals surface area contributed by atoms with Crippen LogP contribution in [0.25, 0.3) is 0 Å². The minimum absolute atomic E-state index is 0.0346. The SMILES string of the molecule is CCC=CCC=CCC=CCC=CCC=CCC=CCCC(=O)NCCC(CCNC(=O)C=CC(=O)O)N1CCOCC1. The average molecular weight is 596 g/mol. The molecule has 238 valence electrons. The minimum Gasteiger partial charge on any atom is -0.478 e. The fourth-order valence-electron chi connectivity index (χ4n) is 4.34. The number of hydrogen-bond donors (Lipinski definition) is 3. The lowest BCUT2D eigenvalue weighted by molar-refractivity contribution is -0.131. The summed E-state index contributed by atoms with van der Waals surface area (Å²) in [5.41, 5.74) is 0. The zero-order valence-corrected chi connectivity index (χ0v) is 26.0. The Bertz CT molecular complexity index is 972. The zero-order valence-electron chi connectivity index (χ0n) is 26.0. The molecule has 0 aromatic heterocycles. The van der Waals surface area contributed by atoms with Crippen LogP contribution in [0.15, 0.2) is 85.1 Å². The van der Waals surface area contributed by atoms with Gasteiger partial charge in [0.1, 0.15) is 0 Å². The third kappa shape index (κ3) is 23.7. The number of carbonyl (C=O) groups excluding carboxylic acids is 2. The van der Waals surface area contributed by atoms with Gasteiger partial charge in [0, 0.05) is 50.8 Å². The molecule has 1 heterocycles. The molecule has 0 aromatic rings. The number of carboxylic acids is 1. The molecule has 1 aliphatic rings. The second-order valence-corrected chi connectivity index (χ2v) is 10.1. The van der Waals surface area contributed by atoms with Gasteiger partial charge in [-0.3, -0.25) is 14.5 Å². The predicted octanol–water partition coefficient (Wildman–Crippen LogP) is 5.82. The van der Waals surface area contributed by atoms with E-state index in [1.54, 1.807) is 0 Å². The Labute approximate surface area is 259 Å². The fraction of sp³-hybridized carbons (Fsp3) is 0.514. The van der Waals surface area contributed by atoms with Crippen LogP contribution in [-0.2, 0) is 19.1 Å². The van der Waals surface area contributed by atoms with Crippen molar-refractivity contribution < 1.29 is 24.2 Å². The topological polar surface area (TPSA) is 108 Å². The van der Waals surface area contributed by atoms with Crippen LogP contribution in [0.3, 0.4) is 0 Å². The quantitative estimate of drug-likeness (QED) is 0.102. The summed E-state index contributed by atoms with van der Waals surface area (Å²) in [6, 6.07) is 0.191. The Kier molecular flexibility index (Phi) is 23.9. The Hall–Kier alpha value is -3.49. The summed E-state index contributed by atoms with van der Waals surface area (Å²) in [6.45, 7) is 6.11. The van der Waals surface area contributed by atoms with Gasteiger partial charge in [0.15, 0.2) is 0 Å². The predicted molar refractivity (Wildman–Crippen MR) is 176 cm³/mol. The Morgan fingerprint density at radius 2 is 1.21 bits per heavy atom. The van der Waals surface area contributed by atoms with E-state index < -0.39 is 11.9 Å². The second-order valence-electron chi connectivity index (χ2n) is 10.1. The molecule has 0 aromatic carbocycles. The van der Waals surface area contributed by atoms with Crippen LogP contribution in [0.5, 0.6) is 0 Å². The first-order valence-electron chi connectivity index (χ1n) is 15.7. The minimum atomic E-state index is -1.15. The first-order chi connectivity index (χ1) is 21.0. The molecule has 2 amide bonds. The highest BCUT2D eigenvalue weighted by Gasteiger charge is 2.20. The van der Waals surface area contributed by atoms with Gasteiger partial charge in [0.25, 0.3) is 0 Å². The first-order valence-corrected chi connectivity index (χ1v) is 15.7. The van der Waals surface area contributed by atoms with E-state index in [-0.39, 0.29) is 11.9 Å². The van der Waals surface area contributed by atoms with Crippen molar-refractivity contribution in [3.63, 3.8) is 0 Å². The Balaban J connectivity index is 2.16. The van der Waals surface area contributed by atoms with Crippen molar-refractivity contribution in [2.45, 2.75) is 77.2 Å². The average Bonchev–Trinajstić information content (AvgIpc) is 3.00. The number of rotatable bonds is 23. The van der Waals surface area contributed by atoms with Crippen LogP contribution < -0.4 is 10.6 Å². The van der Waals surface area contributed by atoms with Crippen molar-refractivity contribution >= 4 is 17.8 Å². The van der Waals surface area contributed by atoms with Gasteiger partial charge in [-0.15, -0.1) is 0 Å². The van der Waals surface area contributed by atoms with E-state index in [2.05, 4.69) is 95.4 Å². The molecule has 1 rings (SSSR count). The summed E-state index contributed by atoms with van der Waals surface area (Å²) >= 11 is 0. The van der Waals surface area contributed by atoms with Crippen molar-refractivity contribution in [3.05, 3.63) is 85.1 Å². The van der Waals surface area contributed by atoms with Gasteiger partial charge in [-0.2, -0.15) is 0 Å². The van der Waals surface area contributed by atoms with Gasteiger partial charge < -0.3 is 20.5 Å². The van der Waals surface area contributed by atoms with Gasteiger partial charge >= 0.3 is 5.97 Å². The number of morpholine rings is 1. The molecule has 0 bridgehead atoms. The van der Waals surface area contributed by atoms with E-state index in [0.717, 1.165) is 70.2 Å². The smallest absolute Gasteiger partial charge is 0.328 e. The number of hydrogen-bond acceptors (Lipinski definition) is 5. The molecule has 0 spiro atoms. The van der Waals surface area contributed by atoms with Gasteiger partial charge in [-0.1, -0.05) is 79.8 Å². The summed E-state index contributed by atoms with van der Waals surface area (Å²) in [6.07, 6.45) is 36.3. The lowest BCUT2D eigenvalue weighted by Crippen LogP contribution is -2.46. The molecule has 8 nitrogen and oxygen atoms in total. The summed E-state index contributed by atoms with van der Waals surface area (Å²) < 4.78 is 5.45. The number of carboxylic acid groups (broad SMARTS) is 1. The third-order valence-electron chi connectivity index (χ3n) is 6.65. The lowest BCUT2D eigenvalue weighted by Gasteiger charge is -2.34. The van der Waals surface area contributed by atoms with Gasteiger partial charge in [0.05, 0.1) is 13.2 Å². The number of nitrogens with one attached hydrogen (secondary N) is 2. The molecule has 1 saturated heterocycles. The van der Waals surface area contributed by atoms with Crippen LogP contribution in [0.2, 0.25) is 0 Å². The fourth-order valence-corrected chi connectivity index (χ4v) is 4.34. The molecule has 3 N–H and O–H groups in total. The molecule has 1 atom stereocenters. The Morgan fingerprint density at radius 1 is 0.721 bits per heavy atom. The number of amides is 2. The molecule has 0 aliphatic carbocycles. The number of aliphatic carboxylic acids is 1. The van der Waals surface area contributed by atoms with Gasteiger partial charge in [-0.25, -0.2) is 4.79 Å². The van der Waals surface area contributed by atoms with Gasteiger partial charge in [-0.05, 0) is 57.8 Å². The first kappa shape index (κ1) is 37.5. The summed E-state index contributed by atoms with van der Waals surface area (Å²) in [5.74, 6) is -1.55. The highest BCUT2D eigenvalue weighted by molar-refractivity contribution is 5.93. The highest BCUT2D eigenvalue weighted by atomic mass is 16.5. The molecule has 43 heavy (non-hydrogen) atoms. The molecule has 1 unspecified atom stereocenters. The summed E-state index contributed by atoms with van der Waals surface area (Å²) in [7, 11) is 0. The monoisotopic (exact) mass is 595 g/mol. The van der Waals surface area contributed by atoms with Crippen molar-refractivity contribution in [2.75, 3.05) is 39.4 Å². The van der Waals surface area contributed by atoms with E-state index in [9.17, 15) is 14.4 Å². The third-order valence-corrected chi connectivity index (χ3v) is 6.65. The Morgan fingerprint density at radius 3 is 1.72 bits per heavy atom. The number of ether oxygens (including phenoxy) is 1. The molecule has 1 fully saturated rings. The van der Waals surface area contributed by atoms with E-state index in [4.69, 9.17) is 9.84 Å². The normalized spacial score (nSPS) is 15.7. The standard InChI is InChI=1S/C35H53N3O5/c1-2-3-4-5-6-7-8-9-10-11-12-13-14-15-16-17-18-19-20-21-33(39)36-26-24-32(38-28-30-43-31-29-38)25-27-37-34(40)22-23-35(41)42/h3-4,6-7,9-10,12-13,15-16,18-19,22-23,32H,2,5,8,11,14,17,20-21,24-31H2,1H3,(H,36,39)(H,37,40)(H,41,42). The van der Waals surface area contributed by atoms with E-state index in [0.29, 0.717) is 45.6 Å². The zero-order chi connectivity index (χ0) is 31.2. The maximum Gasteiger partial charge on any atom is 0.328 e. The van der Waals surface area contributed by atoms with Gasteiger partial charge in [0.2, 0.25) is 11.8 Å². The largest absolute Gasteiger partial charge is 0.478 e. The van der Waals surface area contributed by atoms with E-state index >= 15 is 0 Å². The lowest BCUT2D eigenvalue weighted by atomic mass is 10.1. The van der Waals surface area contributed by atoms with E-state index in [1.807, 2.05) is 0 Å². The van der Waals surface area contributed by atoms with Crippen LogP contribution >= 0.6 is 0 Å². The van der Waals surface area contributed by atoms with Crippen molar-refractivity contribution in [1.82, 2.24) is 15.5 Å². The van der Waals surface area contributed by atoms with Crippen LogP contribution in [0.4, 0.5) is 0 Å². The van der Waals surface area contributed by atoms with E-state index in [1.165, 1.54) is 0 Å². The van der Waals surface area contributed by atoms with Crippen LogP contribution in [0.1, 0.15) is 71.1 Å². The number of carbonyl (C=O) groups is 3. The molecular formula is C35H53N3O5. The molecule has 0 saturated carbocycles. The van der Waals surface area contributed by atoms with Crippen molar-refractivity contribution in [3.8, 4) is 0 Å². The molecule has 1 aliphatic heterocycles. The molecular weight excluding hydrogens is 542 g/mol. The number of nitrogens with zero attached hydrogens (tertiary/aromatic N) is 1. The highest BCUT2D eigenvalue weighted by Crippen LogP contribution is 2.11. The van der Waals surface area contributed by atoms with Crippen molar-refractivity contribution in [1.29, 1.82) is 0 Å². The summed E-state index contributed by atoms with van der Waals surface area (Å²) in [4.78, 5) is 36.9. The van der Waals surface area contributed by atoms with Crippen LogP contribution in [-0.4, -0.2) is 73.2 Å². The molecule has 8 heteroatoms.